The molecule has 1 aliphatic heterocycles. The van der Waals surface area contributed by atoms with Crippen molar-refractivity contribution in [2.45, 2.75) is 6.61 Å². The number of aromatic nitrogens is 2. The van der Waals surface area contributed by atoms with Crippen LogP contribution in [0.3, 0.4) is 0 Å². The fourth-order valence-electron chi connectivity index (χ4n) is 3.54. The minimum Gasteiger partial charge on any atom is -0.487 e. The fraction of sp³-hybridized carbons (Fsp3) is 0.0800. The molecule has 0 unspecified atom stereocenters. The standard InChI is InChI=1S/C25H18N2O3/c28-25-24(22(16-30-25)17-11-13-26-14-12-17)19-6-9-21(10-7-19)29-15-20-8-5-18-3-1-2-4-23(18)27-20/h1-14H,15-16H2. The molecule has 0 fully saturated rings. The lowest BCUT2D eigenvalue weighted by Gasteiger charge is -2.08. The number of ether oxygens (including phenoxy) is 2. The number of hydrogen-bond acceptors (Lipinski definition) is 5. The smallest absolute Gasteiger partial charge is 0.339 e. The van der Waals surface area contributed by atoms with E-state index in [0.717, 1.165) is 33.3 Å². The summed E-state index contributed by atoms with van der Waals surface area (Å²) in [7, 11) is 0. The molecule has 30 heavy (non-hydrogen) atoms. The Balaban J connectivity index is 1.35. The first-order chi connectivity index (χ1) is 14.8. The zero-order chi connectivity index (χ0) is 20.3. The first-order valence-electron chi connectivity index (χ1n) is 9.66. The first-order valence-corrected chi connectivity index (χ1v) is 9.66. The number of rotatable bonds is 5. The Hall–Kier alpha value is -3.99. The van der Waals surface area contributed by atoms with Gasteiger partial charge in [0.15, 0.2) is 0 Å². The molecule has 1 aliphatic rings. The van der Waals surface area contributed by atoms with Gasteiger partial charge in [-0.25, -0.2) is 9.78 Å². The van der Waals surface area contributed by atoms with Crippen molar-refractivity contribution in [1.29, 1.82) is 0 Å². The predicted octanol–water partition coefficient (Wildman–Crippen LogP) is 4.68. The third-order valence-corrected chi connectivity index (χ3v) is 5.07. The molecule has 5 heteroatoms. The fourth-order valence-corrected chi connectivity index (χ4v) is 3.54. The molecule has 0 saturated heterocycles. The second-order valence-electron chi connectivity index (χ2n) is 6.97. The Morgan fingerprint density at radius 3 is 2.50 bits per heavy atom. The highest BCUT2D eigenvalue weighted by Crippen LogP contribution is 2.33. The quantitative estimate of drug-likeness (QED) is 0.460. The lowest BCUT2D eigenvalue weighted by atomic mass is 9.97. The molecule has 5 nitrogen and oxygen atoms in total. The van der Waals surface area contributed by atoms with Gasteiger partial charge >= 0.3 is 5.97 Å². The van der Waals surface area contributed by atoms with Crippen LogP contribution in [0.4, 0.5) is 0 Å². The molecule has 0 atom stereocenters. The van der Waals surface area contributed by atoms with Gasteiger partial charge in [-0.3, -0.25) is 4.98 Å². The van der Waals surface area contributed by atoms with E-state index < -0.39 is 0 Å². The van der Waals surface area contributed by atoms with Crippen LogP contribution in [0.25, 0.3) is 22.0 Å². The normalized spacial score (nSPS) is 13.5. The van der Waals surface area contributed by atoms with Crippen molar-refractivity contribution in [3.8, 4) is 5.75 Å². The highest BCUT2D eigenvalue weighted by molar-refractivity contribution is 6.27. The van der Waals surface area contributed by atoms with Crippen molar-refractivity contribution in [2.75, 3.05) is 6.61 Å². The summed E-state index contributed by atoms with van der Waals surface area (Å²) in [5, 5.41) is 1.10. The van der Waals surface area contributed by atoms with Gasteiger partial charge in [0.2, 0.25) is 0 Å². The molecule has 3 heterocycles. The van der Waals surface area contributed by atoms with Gasteiger partial charge in [0.05, 0.1) is 16.8 Å². The number of benzene rings is 2. The number of fused-ring (bicyclic) bond motifs is 1. The Labute approximate surface area is 173 Å². The summed E-state index contributed by atoms with van der Waals surface area (Å²) >= 11 is 0. The molecule has 0 saturated carbocycles. The van der Waals surface area contributed by atoms with Crippen LogP contribution in [0.2, 0.25) is 0 Å². The van der Waals surface area contributed by atoms with Crippen LogP contribution < -0.4 is 4.74 Å². The van der Waals surface area contributed by atoms with Crippen LogP contribution >= 0.6 is 0 Å². The van der Waals surface area contributed by atoms with Crippen molar-refractivity contribution < 1.29 is 14.3 Å². The predicted molar refractivity (Wildman–Crippen MR) is 115 cm³/mol. The van der Waals surface area contributed by atoms with Crippen LogP contribution in [0.1, 0.15) is 16.8 Å². The topological polar surface area (TPSA) is 61.3 Å². The van der Waals surface area contributed by atoms with Crippen molar-refractivity contribution >= 4 is 28.0 Å². The summed E-state index contributed by atoms with van der Waals surface area (Å²) in [5.74, 6) is 0.405. The SMILES string of the molecule is O=C1OCC(c2ccncc2)=C1c1ccc(OCc2ccc3ccccc3n2)cc1. The van der Waals surface area contributed by atoms with E-state index in [1.165, 1.54) is 0 Å². The number of cyclic esters (lactones) is 1. The van der Waals surface area contributed by atoms with Crippen LogP contribution in [0.15, 0.2) is 85.2 Å². The van der Waals surface area contributed by atoms with Gasteiger partial charge in [-0.1, -0.05) is 36.4 Å². The summed E-state index contributed by atoms with van der Waals surface area (Å²) in [5.41, 5.74) is 5.01. The van der Waals surface area contributed by atoms with E-state index in [9.17, 15) is 4.79 Å². The van der Waals surface area contributed by atoms with Crippen molar-refractivity contribution in [3.63, 3.8) is 0 Å². The zero-order valence-electron chi connectivity index (χ0n) is 16.1. The van der Waals surface area contributed by atoms with Crippen LogP contribution in [-0.4, -0.2) is 22.5 Å². The van der Waals surface area contributed by atoms with Gasteiger partial charge in [-0.15, -0.1) is 0 Å². The van der Waals surface area contributed by atoms with Gasteiger partial charge in [-0.2, -0.15) is 0 Å². The van der Waals surface area contributed by atoms with Crippen LogP contribution in [0.5, 0.6) is 5.75 Å². The van der Waals surface area contributed by atoms with E-state index in [2.05, 4.69) is 9.97 Å². The van der Waals surface area contributed by atoms with Gasteiger partial charge < -0.3 is 9.47 Å². The number of hydrogen-bond donors (Lipinski definition) is 0. The minimum atomic E-state index is -0.309. The molecule has 0 N–H and O–H groups in total. The summed E-state index contributed by atoms with van der Waals surface area (Å²) in [6.07, 6.45) is 3.42. The molecular weight excluding hydrogens is 376 g/mol. The molecule has 0 amide bonds. The summed E-state index contributed by atoms with van der Waals surface area (Å²) < 4.78 is 11.2. The van der Waals surface area contributed by atoms with Crippen molar-refractivity contribution in [2.24, 2.45) is 0 Å². The van der Waals surface area contributed by atoms with E-state index in [1.54, 1.807) is 12.4 Å². The van der Waals surface area contributed by atoms with E-state index in [0.29, 0.717) is 17.9 Å². The Bertz CT molecular complexity index is 1250. The van der Waals surface area contributed by atoms with Crippen molar-refractivity contribution in [3.05, 3.63) is 102 Å². The summed E-state index contributed by atoms with van der Waals surface area (Å²) in [4.78, 5) is 21.0. The third kappa shape index (κ3) is 3.53. The average molecular weight is 394 g/mol. The molecular formula is C25H18N2O3. The summed E-state index contributed by atoms with van der Waals surface area (Å²) in [6, 6.07) is 23.3. The second-order valence-corrected chi connectivity index (χ2v) is 6.97. The molecule has 4 aromatic rings. The zero-order valence-corrected chi connectivity index (χ0v) is 16.1. The van der Waals surface area contributed by atoms with E-state index in [-0.39, 0.29) is 12.6 Å². The molecule has 0 bridgehead atoms. The first kappa shape index (κ1) is 18.1. The maximum absolute atomic E-state index is 12.3. The third-order valence-electron chi connectivity index (χ3n) is 5.07. The number of esters is 1. The molecule has 0 aliphatic carbocycles. The molecule has 5 rings (SSSR count). The number of carbonyl (C=O) groups excluding carboxylic acids is 1. The molecule has 0 spiro atoms. The minimum absolute atomic E-state index is 0.268. The van der Waals surface area contributed by atoms with E-state index >= 15 is 0 Å². The molecule has 146 valence electrons. The average Bonchev–Trinajstić information content (AvgIpc) is 3.20. The molecule has 2 aromatic carbocycles. The maximum Gasteiger partial charge on any atom is 0.339 e. The highest BCUT2D eigenvalue weighted by atomic mass is 16.5. The summed E-state index contributed by atoms with van der Waals surface area (Å²) in [6.45, 7) is 0.640. The lowest BCUT2D eigenvalue weighted by Crippen LogP contribution is -2.00. The van der Waals surface area contributed by atoms with E-state index in [4.69, 9.17) is 9.47 Å². The van der Waals surface area contributed by atoms with Gasteiger partial charge in [0, 0.05) is 23.4 Å². The van der Waals surface area contributed by atoms with Crippen LogP contribution in [0, 0.1) is 0 Å². The number of nitrogens with zero attached hydrogens (tertiary/aromatic N) is 2. The van der Waals surface area contributed by atoms with Crippen molar-refractivity contribution in [1.82, 2.24) is 9.97 Å². The van der Waals surface area contributed by atoms with Crippen LogP contribution in [-0.2, 0) is 16.1 Å². The number of carbonyl (C=O) groups is 1. The Morgan fingerprint density at radius 1 is 0.867 bits per heavy atom. The monoisotopic (exact) mass is 394 g/mol. The van der Waals surface area contributed by atoms with Gasteiger partial charge in [0.1, 0.15) is 19.0 Å². The van der Waals surface area contributed by atoms with Gasteiger partial charge in [0.25, 0.3) is 0 Å². The lowest BCUT2D eigenvalue weighted by molar-refractivity contribution is -0.133. The Kier molecular flexibility index (Phi) is 4.69. The maximum atomic E-state index is 12.3. The number of pyridine rings is 2. The highest BCUT2D eigenvalue weighted by Gasteiger charge is 2.27. The molecule has 0 radical (unpaired) electrons. The van der Waals surface area contributed by atoms with Gasteiger partial charge in [-0.05, 0) is 47.5 Å². The molecule has 2 aromatic heterocycles. The second kappa shape index (κ2) is 7.79. The number of para-hydroxylation sites is 1. The van der Waals surface area contributed by atoms with E-state index in [1.807, 2.05) is 72.8 Å². The Morgan fingerprint density at radius 2 is 1.67 bits per heavy atom. The largest absolute Gasteiger partial charge is 0.487 e.